The predicted octanol–water partition coefficient (Wildman–Crippen LogP) is 2.68. The van der Waals surface area contributed by atoms with E-state index in [0.29, 0.717) is 0 Å². The second-order valence-corrected chi connectivity index (χ2v) is 4.14. The van der Waals surface area contributed by atoms with E-state index in [1.54, 1.807) is 0 Å². The molecule has 0 atom stereocenters. The minimum absolute atomic E-state index is 0.865. The number of hydrogen-bond acceptors (Lipinski definition) is 2. The standard InChI is InChI=1S/C14H19N3/c1-3-9-15-10-14-11-16-12(2)17(14)13-7-5-4-6-8-13/h4-8,11,15H,3,9-10H2,1-2H3. The third-order valence-electron chi connectivity index (χ3n) is 2.76. The highest BCUT2D eigenvalue weighted by Crippen LogP contribution is 2.14. The summed E-state index contributed by atoms with van der Waals surface area (Å²) >= 11 is 0. The summed E-state index contributed by atoms with van der Waals surface area (Å²) in [5.41, 5.74) is 2.39. The SMILES string of the molecule is CCCNCc1cnc(C)n1-c1ccccc1. The fraction of sp³-hybridized carbons (Fsp3) is 0.357. The summed E-state index contributed by atoms with van der Waals surface area (Å²) in [6.45, 7) is 6.12. The van der Waals surface area contributed by atoms with Gasteiger partial charge >= 0.3 is 0 Å². The van der Waals surface area contributed by atoms with Crippen LogP contribution in [0.4, 0.5) is 0 Å². The van der Waals surface area contributed by atoms with Gasteiger partial charge in [0, 0.05) is 12.2 Å². The van der Waals surface area contributed by atoms with Crippen molar-refractivity contribution in [2.45, 2.75) is 26.8 Å². The molecule has 1 N–H and O–H groups in total. The maximum Gasteiger partial charge on any atom is 0.110 e. The number of hydrogen-bond donors (Lipinski definition) is 1. The Morgan fingerprint density at radius 3 is 2.71 bits per heavy atom. The molecular weight excluding hydrogens is 210 g/mol. The van der Waals surface area contributed by atoms with Gasteiger partial charge in [-0.1, -0.05) is 25.1 Å². The molecule has 0 radical (unpaired) electrons. The lowest BCUT2D eigenvalue weighted by Crippen LogP contribution is -2.16. The molecule has 3 nitrogen and oxygen atoms in total. The van der Waals surface area contributed by atoms with Gasteiger partial charge in [0.1, 0.15) is 5.82 Å². The van der Waals surface area contributed by atoms with E-state index in [-0.39, 0.29) is 0 Å². The molecule has 0 spiro atoms. The van der Waals surface area contributed by atoms with Crippen LogP contribution in [-0.2, 0) is 6.54 Å². The lowest BCUT2D eigenvalue weighted by atomic mass is 10.3. The first-order valence-electron chi connectivity index (χ1n) is 6.12. The second-order valence-electron chi connectivity index (χ2n) is 4.14. The highest BCUT2D eigenvalue weighted by Gasteiger charge is 2.07. The fourth-order valence-electron chi connectivity index (χ4n) is 1.94. The van der Waals surface area contributed by atoms with Crippen LogP contribution in [0.2, 0.25) is 0 Å². The molecule has 1 aromatic heterocycles. The third-order valence-corrected chi connectivity index (χ3v) is 2.76. The summed E-state index contributed by atoms with van der Waals surface area (Å²) in [6, 6.07) is 10.4. The van der Waals surface area contributed by atoms with E-state index < -0.39 is 0 Å². The Kier molecular flexibility index (Phi) is 3.94. The van der Waals surface area contributed by atoms with Crippen molar-refractivity contribution < 1.29 is 0 Å². The Morgan fingerprint density at radius 1 is 1.24 bits per heavy atom. The number of nitrogens with zero attached hydrogens (tertiary/aromatic N) is 2. The summed E-state index contributed by atoms with van der Waals surface area (Å²) in [5, 5.41) is 3.41. The van der Waals surface area contributed by atoms with E-state index in [1.807, 2.05) is 19.2 Å². The van der Waals surface area contributed by atoms with E-state index in [9.17, 15) is 0 Å². The molecule has 1 aromatic carbocycles. The molecule has 3 heteroatoms. The predicted molar refractivity (Wildman–Crippen MR) is 70.3 cm³/mol. The number of aromatic nitrogens is 2. The quantitative estimate of drug-likeness (QED) is 0.799. The van der Waals surface area contributed by atoms with Crippen molar-refractivity contribution in [1.29, 1.82) is 0 Å². The van der Waals surface area contributed by atoms with E-state index in [1.165, 1.54) is 11.4 Å². The van der Waals surface area contributed by atoms with Crippen LogP contribution in [0, 0.1) is 6.92 Å². The smallest absolute Gasteiger partial charge is 0.110 e. The van der Waals surface area contributed by atoms with Gasteiger partial charge in [0.25, 0.3) is 0 Å². The molecule has 0 saturated carbocycles. The van der Waals surface area contributed by atoms with Crippen LogP contribution in [0.15, 0.2) is 36.5 Å². The van der Waals surface area contributed by atoms with E-state index in [2.05, 4.69) is 46.1 Å². The first-order chi connectivity index (χ1) is 8.33. The van der Waals surface area contributed by atoms with Gasteiger partial charge in [0.05, 0.1) is 11.9 Å². The van der Waals surface area contributed by atoms with Crippen LogP contribution in [0.5, 0.6) is 0 Å². The summed E-state index contributed by atoms with van der Waals surface area (Å²) in [5.74, 6) is 1.03. The van der Waals surface area contributed by atoms with Gasteiger partial charge in [0.2, 0.25) is 0 Å². The van der Waals surface area contributed by atoms with E-state index in [4.69, 9.17) is 0 Å². The monoisotopic (exact) mass is 229 g/mol. The number of imidazole rings is 1. The zero-order chi connectivity index (χ0) is 12.1. The molecule has 0 aliphatic rings. The van der Waals surface area contributed by atoms with Crippen molar-refractivity contribution in [3.05, 3.63) is 48.0 Å². The lowest BCUT2D eigenvalue weighted by Gasteiger charge is -2.10. The van der Waals surface area contributed by atoms with Crippen LogP contribution >= 0.6 is 0 Å². The maximum atomic E-state index is 4.39. The normalized spacial score (nSPS) is 10.7. The molecule has 2 aromatic rings. The minimum Gasteiger partial charge on any atom is -0.311 e. The van der Waals surface area contributed by atoms with Crippen molar-refractivity contribution in [1.82, 2.24) is 14.9 Å². The number of aryl methyl sites for hydroxylation is 1. The number of rotatable bonds is 5. The van der Waals surface area contributed by atoms with Gasteiger partial charge in [0.15, 0.2) is 0 Å². The summed E-state index contributed by atoms with van der Waals surface area (Å²) in [7, 11) is 0. The topological polar surface area (TPSA) is 29.9 Å². The Bertz CT molecular complexity index is 460. The number of para-hydroxylation sites is 1. The second kappa shape index (κ2) is 5.64. The van der Waals surface area contributed by atoms with Gasteiger partial charge in [-0.15, -0.1) is 0 Å². The highest BCUT2D eigenvalue weighted by atomic mass is 15.1. The fourth-order valence-corrected chi connectivity index (χ4v) is 1.94. The van der Waals surface area contributed by atoms with Crippen molar-refractivity contribution in [3.63, 3.8) is 0 Å². The molecule has 17 heavy (non-hydrogen) atoms. The van der Waals surface area contributed by atoms with Gasteiger partial charge in [-0.25, -0.2) is 4.98 Å². The van der Waals surface area contributed by atoms with Crippen molar-refractivity contribution in [2.75, 3.05) is 6.54 Å². The number of benzene rings is 1. The van der Waals surface area contributed by atoms with Gasteiger partial charge in [-0.3, -0.25) is 4.57 Å². The lowest BCUT2D eigenvalue weighted by molar-refractivity contribution is 0.654. The largest absolute Gasteiger partial charge is 0.311 e. The third kappa shape index (κ3) is 2.74. The number of nitrogens with one attached hydrogen (secondary N) is 1. The van der Waals surface area contributed by atoms with Gasteiger partial charge < -0.3 is 5.32 Å². The van der Waals surface area contributed by atoms with Gasteiger partial charge in [-0.05, 0) is 32.0 Å². The first-order valence-corrected chi connectivity index (χ1v) is 6.12. The van der Waals surface area contributed by atoms with Crippen LogP contribution in [0.1, 0.15) is 24.9 Å². The zero-order valence-corrected chi connectivity index (χ0v) is 10.5. The van der Waals surface area contributed by atoms with Crippen LogP contribution in [0.3, 0.4) is 0 Å². The molecule has 1 heterocycles. The van der Waals surface area contributed by atoms with Crippen LogP contribution in [-0.4, -0.2) is 16.1 Å². The summed E-state index contributed by atoms with van der Waals surface area (Å²) < 4.78 is 2.20. The van der Waals surface area contributed by atoms with Crippen LogP contribution < -0.4 is 5.32 Å². The Labute approximate surface area is 103 Å². The van der Waals surface area contributed by atoms with E-state index in [0.717, 1.165) is 25.3 Å². The van der Waals surface area contributed by atoms with Gasteiger partial charge in [-0.2, -0.15) is 0 Å². The Morgan fingerprint density at radius 2 is 2.00 bits per heavy atom. The minimum atomic E-state index is 0.865. The zero-order valence-electron chi connectivity index (χ0n) is 10.5. The molecule has 90 valence electrons. The molecule has 0 saturated heterocycles. The average molecular weight is 229 g/mol. The average Bonchev–Trinajstić information content (AvgIpc) is 2.72. The Hall–Kier alpha value is -1.61. The van der Waals surface area contributed by atoms with Crippen LogP contribution in [0.25, 0.3) is 5.69 Å². The summed E-state index contributed by atoms with van der Waals surface area (Å²) in [4.78, 5) is 4.39. The van der Waals surface area contributed by atoms with E-state index >= 15 is 0 Å². The van der Waals surface area contributed by atoms with Crippen molar-refractivity contribution in [2.24, 2.45) is 0 Å². The molecule has 2 rings (SSSR count). The maximum absolute atomic E-state index is 4.39. The van der Waals surface area contributed by atoms with Crippen molar-refractivity contribution in [3.8, 4) is 5.69 Å². The summed E-state index contributed by atoms with van der Waals surface area (Å²) in [6.07, 6.45) is 3.10. The molecular formula is C14H19N3. The van der Waals surface area contributed by atoms with Crippen molar-refractivity contribution >= 4 is 0 Å². The highest BCUT2D eigenvalue weighted by molar-refractivity contribution is 5.35. The molecule has 0 fully saturated rings. The Balaban J connectivity index is 2.24. The molecule has 0 aliphatic carbocycles. The molecule has 0 unspecified atom stereocenters. The first kappa shape index (κ1) is 11.9. The molecule has 0 aliphatic heterocycles. The molecule has 0 amide bonds. The molecule has 0 bridgehead atoms.